The van der Waals surface area contributed by atoms with Gasteiger partial charge in [0.05, 0.1) is 4.90 Å². The molecule has 0 atom stereocenters. The molecule has 19 heavy (non-hydrogen) atoms. The highest BCUT2D eigenvalue weighted by Gasteiger charge is 2.24. The summed E-state index contributed by atoms with van der Waals surface area (Å²) in [7, 11) is -3.50. The molecule has 0 radical (unpaired) electrons. The van der Waals surface area contributed by atoms with Gasteiger partial charge in [-0.1, -0.05) is 26.0 Å². The fourth-order valence-corrected chi connectivity index (χ4v) is 2.92. The Balaban J connectivity index is 0.00000324. The standard InChI is InChI=1S/C13H22N2O2S.ClH/c1-10(2)11-5-7-12(8-6-11)18(16,17)15-13(3,4)9-14;/h5-8,10,15H,9,14H2,1-4H3;1H. The van der Waals surface area contributed by atoms with Crippen molar-refractivity contribution in [1.82, 2.24) is 4.72 Å². The predicted molar refractivity (Wildman–Crippen MR) is 81.2 cm³/mol. The third kappa shape index (κ3) is 5.10. The largest absolute Gasteiger partial charge is 0.329 e. The molecule has 0 saturated heterocycles. The molecule has 3 N–H and O–H groups in total. The first-order chi connectivity index (χ1) is 8.18. The molecule has 1 aromatic carbocycles. The summed E-state index contributed by atoms with van der Waals surface area (Å²) in [6, 6.07) is 6.94. The second-order valence-corrected chi connectivity index (χ2v) is 7.10. The Bertz CT molecular complexity index is 496. The monoisotopic (exact) mass is 306 g/mol. The van der Waals surface area contributed by atoms with Crippen LogP contribution in [-0.2, 0) is 10.0 Å². The molecule has 0 saturated carbocycles. The molecule has 1 aromatic rings. The molecule has 0 spiro atoms. The highest BCUT2D eigenvalue weighted by atomic mass is 35.5. The minimum atomic E-state index is -3.50. The van der Waals surface area contributed by atoms with Gasteiger partial charge in [-0.25, -0.2) is 13.1 Å². The van der Waals surface area contributed by atoms with Gasteiger partial charge in [0.1, 0.15) is 0 Å². The third-order valence-corrected chi connectivity index (χ3v) is 4.49. The molecule has 110 valence electrons. The fraction of sp³-hybridized carbons (Fsp3) is 0.538. The van der Waals surface area contributed by atoms with Crippen LogP contribution < -0.4 is 10.5 Å². The Kier molecular flexibility index (Phi) is 6.48. The van der Waals surface area contributed by atoms with Crippen molar-refractivity contribution < 1.29 is 8.42 Å². The minimum absolute atomic E-state index is 0. The molecular formula is C13H23ClN2O2S. The van der Waals surface area contributed by atoms with Gasteiger partial charge in [-0.3, -0.25) is 0 Å². The van der Waals surface area contributed by atoms with E-state index in [1.54, 1.807) is 26.0 Å². The maximum atomic E-state index is 12.1. The molecule has 4 nitrogen and oxygen atoms in total. The van der Waals surface area contributed by atoms with E-state index >= 15 is 0 Å². The number of hydrogen-bond acceptors (Lipinski definition) is 3. The van der Waals surface area contributed by atoms with E-state index in [0.717, 1.165) is 5.56 Å². The molecule has 0 aliphatic rings. The van der Waals surface area contributed by atoms with Crippen LogP contribution in [0.3, 0.4) is 0 Å². The van der Waals surface area contributed by atoms with E-state index < -0.39 is 15.6 Å². The van der Waals surface area contributed by atoms with Crippen LogP contribution in [-0.4, -0.2) is 20.5 Å². The normalized spacial score (nSPS) is 12.3. The number of benzene rings is 1. The molecule has 0 heterocycles. The quantitative estimate of drug-likeness (QED) is 0.876. The zero-order valence-corrected chi connectivity index (χ0v) is 13.4. The average Bonchev–Trinajstić information content (AvgIpc) is 2.28. The predicted octanol–water partition coefficient (Wildman–Crippen LogP) is 2.25. The van der Waals surface area contributed by atoms with Gasteiger partial charge in [0.25, 0.3) is 0 Å². The molecule has 1 rings (SSSR count). The van der Waals surface area contributed by atoms with Crippen molar-refractivity contribution in [3.8, 4) is 0 Å². The van der Waals surface area contributed by atoms with Crippen molar-refractivity contribution in [2.24, 2.45) is 5.73 Å². The smallest absolute Gasteiger partial charge is 0.241 e. The Labute approximate surface area is 122 Å². The first-order valence-electron chi connectivity index (χ1n) is 6.02. The molecule has 0 unspecified atom stereocenters. The van der Waals surface area contributed by atoms with Gasteiger partial charge < -0.3 is 5.73 Å². The maximum absolute atomic E-state index is 12.1. The lowest BCUT2D eigenvalue weighted by atomic mass is 10.0. The zero-order chi connectivity index (χ0) is 14.0. The lowest BCUT2D eigenvalue weighted by Gasteiger charge is -2.23. The summed E-state index contributed by atoms with van der Waals surface area (Å²) in [5.41, 5.74) is 6.00. The molecule has 0 bridgehead atoms. The summed E-state index contributed by atoms with van der Waals surface area (Å²) in [4.78, 5) is 0.272. The van der Waals surface area contributed by atoms with Gasteiger partial charge >= 0.3 is 0 Å². The summed E-state index contributed by atoms with van der Waals surface area (Å²) in [6.07, 6.45) is 0. The van der Waals surface area contributed by atoms with E-state index in [4.69, 9.17) is 5.73 Å². The van der Waals surface area contributed by atoms with E-state index in [0.29, 0.717) is 5.92 Å². The van der Waals surface area contributed by atoms with Crippen LogP contribution in [0.4, 0.5) is 0 Å². The van der Waals surface area contributed by atoms with Crippen molar-refractivity contribution in [3.63, 3.8) is 0 Å². The van der Waals surface area contributed by atoms with Gasteiger partial charge in [-0.2, -0.15) is 0 Å². The summed E-state index contributed by atoms with van der Waals surface area (Å²) in [5.74, 6) is 0.384. The maximum Gasteiger partial charge on any atom is 0.241 e. The summed E-state index contributed by atoms with van der Waals surface area (Å²) in [6.45, 7) is 7.90. The summed E-state index contributed by atoms with van der Waals surface area (Å²) in [5, 5.41) is 0. The number of rotatable bonds is 5. The first kappa shape index (κ1) is 18.4. The van der Waals surface area contributed by atoms with Crippen LogP contribution in [0, 0.1) is 0 Å². The molecule has 0 aliphatic heterocycles. The first-order valence-corrected chi connectivity index (χ1v) is 7.50. The van der Waals surface area contributed by atoms with Crippen LogP contribution in [0.15, 0.2) is 29.2 Å². The average molecular weight is 307 g/mol. The second kappa shape index (κ2) is 6.70. The van der Waals surface area contributed by atoms with Gasteiger partial charge in [-0.15, -0.1) is 12.4 Å². The van der Waals surface area contributed by atoms with Crippen LogP contribution in [0.5, 0.6) is 0 Å². The van der Waals surface area contributed by atoms with E-state index in [2.05, 4.69) is 18.6 Å². The van der Waals surface area contributed by atoms with Crippen molar-refractivity contribution in [2.45, 2.75) is 44.0 Å². The highest BCUT2D eigenvalue weighted by Crippen LogP contribution is 2.18. The SMILES string of the molecule is CC(C)c1ccc(S(=O)(=O)NC(C)(C)CN)cc1.Cl. The molecule has 0 aliphatic carbocycles. The Morgan fingerprint density at radius 3 is 2.05 bits per heavy atom. The van der Waals surface area contributed by atoms with Crippen LogP contribution >= 0.6 is 12.4 Å². The molecule has 0 aromatic heterocycles. The molecule has 6 heteroatoms. The molecular weight excluding hydrogens is 284 g/mol. The minimum Gasteiger partial charge on any atom is -0.329 e. The van der Waals surface area contributed by atoms with E-state index in [9.17, 15) is 8.42 Å². The zero-order valence-electron chi connectivity index (χ0n) is 11.8. The van der Waals surface area contributed by atoms with Crippen LogP contribution in [0.1, 0.15) is 39.2 Å². The number of nitrogens with two attached hydrogens (primary N) is 1. The molecule has 0 fully saturated rings. The van der Waals surface area contributed by atoms with Crippen molar-refractivity contribution in [2.75, 3.05) is 6.54 Å². The molecule has 0 amide bonds. The van der Waals surface area contributed by atoms with Crippen LogP contribution in [0.2, 0.25) is 0 Å². The van der Waals surface area contributed by atoms with Gasteiger partial charge in [0.15, 0.2) is 0 Å². The van der Waals surface area contributed by atoms with Crippen molar-refractivity contribution >= 4 is 22.4 Å². The summed E-state index contributed by atoms with van der Waals surface area (Å²) < 4.78 is 26.8. The summed E-state index contributed by atoms with van der Waals surface area (Å²) >= 11 is 0. The van der Waals surface area contributed by atoms with Crippen molar-refractivity contribution in [1.29, 1.82) is 0 Å². The number of halogens is 1. The Morgan fingerprint density at radius 2 is 1.68 bits per heavy atom. The lowest BCUT2D eigenvalue weighted by molar-refractivity contribution is 0.462. The Hall–Kier alpha value is -0.620. The van der Waals surface area contributed by atoms with E-state index in [1.165, 1.54) is 0 Å². The number of sulfonamides is 1. The Morgan fingerprint density at radius 1 is 1.21 bits per heavy atom. The van der Waals surface area contributed by atoms with Gasteiger partial charge in [-0.05, 0) is 37.5 Å². The van der Waals surface area contributed by atoms with Gasteiger partial charge in [0, 0.05) is 12.1 Å². The highest BCUT2D eigenvalue weighted by molar-refractivity contribution is 7.89. The van der Waals surface area contributed by atoms with Crippen LogP contribution in [0.25, 0.3) is 0 Å². The number of hydrogen-bond donors (Lipinski definition) is 2. The van der Waals surface area contributed by atoms with Gasteiger partial charge in [0.2, 0.25) is 10.0 Å². The third-order valence-electron chi connectivity index (χ3n) is 2.78. The van der Waals surface area contributed by atoms with E-state index in [1.807, 2.05) is 12.1 Å². The fourth-order valence-electron chi connectivity index (χ4n) is 1.50. The van der Waals surface area contributed by atoms with E-state index in [-0.39, 0.29) is 23.8 Å². The lowest BCUT2D eigenvalue weighted by Crippen LogP contribution is -2.48. The second-order valence-electron chi connectivity index (χ2n) is 5.42. The van der Waals surface area contributed by atoms with Crippen molar-refractivity contribution in [3.05, 3.63) is 29.8 Å². The number of nitrogens with one attached hydrogen (secondary N) is 1. The topological polar surface area (TPSA) is 72.2 Å².